The third-order valence-electron chi connectivity index (χ3n) is 4.90. The minimum atomic E-state index is -1.03. The Labute approximate surface area is 214 Å². The van der Waals surface area contributed by atoms with Gasteiger partial charge in [-0.1, -0.05) is 30.3 Å². The summed E-state index contributed by atoms with van der Waals surface area (Å²) in [6.45, 7) is 1.99. The molecule has 0 aliphatic rings. The second-order valence-electron chi connectivity index (χ2n) is 7.09. The van der Waals surface area contributed by atoms with Gasteiger partial charge in [-0.2, -0.15) is 11.8 Å². The average Bonchev–Trinajstić information content (AvgIpc) is 3.29. The van der Waals surface area contributed by atoms with Crippen LogP contribution in [0.2, 0.25) is 0 Å². The summed E-state index contributed by atoms with van der Waals surface area (Å²) < 4.78 is 1.83. The molecule has 2 N–H and O–H groups in total. The minimum Gasteiger partial charge on any atom is -0.480 e. The average molecular weight is 459 g/mol. The molecule has 0 saturated carbocycles. The van der Waals surface area contributed by atoms with Gasteiger partial charge in [-0.25, -0.2) is 9.78 Å². The van der Waals surface area contributed by atoms with Crippen LogP contribution in [0.25, 0.3) is 23.4 Å². The number of nitrogens with one attached hydrogen (secondary N) is 1. The van der Waals surface area contributed by atoms with Gasteiger partial charge in [0.05, 0.1) is 6.33 Å². The SMILES string of the molecule is CSCC[C@H](NC(=O)c1ccc(C=Cn2ccnc2)cc1-c1ccccc1C)C(=O)O.[Na]. The van der Waals surface area contributed by atoms with Crippen LogP contribution in [0, 0.1) is 6.92 Å². The Kier molecular flexibility index (Phi) is 10.3. The minimum absolute atomic E-state index is 0. The molecule has 6 nitrogen and oxygen atoms in total. The van der Waals surface area contributed by atoms with Crippen molar-refractivity contribution in [2.24, 2.45) is 0 Å². The molecule has 0 bridgehead atoms. The topological polar surface area (TPSA) is 84.2 Å². The number of imidazole rings is 1. The monoisotopic (exact) mass is 458 g/mol. The number of rotatable bonds is 9. The first-order valence-electron chi connectivity index (χ1n) is 9.88. The van der Waals surface area contributed by atoms with Gasteiger partial charge in [-0.15, -0.1) is 0 Å². The van der Waals surface area contributed by atoms with Crippen LogP contribution in [0.1, 0.15) is 27.9 Å². The van der Waals surface area contributed by atoms with E-state index in [0.29, 0.717) is 17.7 Å². The van der Waals surface area contributed by atoms with Crippen LogP contribution in [-0.4, -0.2) is 74.1 Å². The van der Waals surface area contributed by atoms with Crippen molar-refractivity contribution in [3.05, 3.63) is 77.9 Å². The predicted molar refractivity (Wildman–Crippen MR) is 132 cm³/mol. The molecule has 32 heavy (non-hydrogen) atoms. The van der Waals surface area contributed by atoms with E-state index in [-0.39, 0.29) is 29.6 Å². The maximum atomic E-state index is 13.1. The molecule has 1 aromatic heterocycles. The van der Waals surface area contributed by atoms with Gasteiger partial charge in [0, 0.05) is 53.7 Å². The summed E-state index contributed by atoms with van der Waals surface area (Å²) in [5, 5.41) is 12.2. The standard InChI is InChI=1S/C24H25N3O3S.Na/c1-17-5-3-4-6-19(17)21-15-18(9-12-27-13-11-25-16-27)7-8-20(21)23(28)26-22(24(29)30)10-14-31-2;/h3-9,11-13,15-16,22H,10,14H2,1-2H3,(H,26,28)(H,29,30);/t22-;/m0./s1. The Hall–Kier alpha value is -2.32. The Balaban J connectivity index is 0.00000363. The molecule has 0 unspecified atom stereocenters. The molecular weight excluding hydrogens is 433 g/mol. The van der Waals surface area contributed by atoms with Crippen molar-refractivity contribution in [1.82, 2.24) is 14.9 Å². The van der Waals surface area contributed by atoms with Crippen molar-refractivity contribution in [2.45, 2.75) is 19.4 Å². The number of carboxylic acid groups (broad SMARTS) is 1. The van der Waals surface area contributed by atoms with Crippen LogP contribution < -0.4 is 5.32 Å². The fourth-order valence-corrected chi connectivity index (χ4v) is 3.69. The van der Waals surface area contributed by atoms with Gasteiger partial charge in [0.2, 0.25) is 0 Å². The number of benzene rings is 2. The van der Waals surface area contributed by atoms with Crippen molar-refractivity contribution in [2.75, 3.05) is 12.0 Å². The van der Waals surface area contributed by atoms with Gasteiger partial charge >= 0.3 is 5.97 Å². The molecule has 1 atom stereocenters. The molecular formula is C24H25N3NaO3S. The largest absolute Gasteiger partial charge is 0.480 e. The molecule has 3 rings (SSSR count). The zero-order valence-electron chi connectivity index (χ0n) is 18.5. The van der Waals surface area contributed by atoms with E-state index < -0.39 is 17.9 Å². The molecule has 2 aromatic carbocycles. The number of carbonyl (C=O) groups is 2. The predicted octanol–water partition coefficient (Wildman–Crippen LogP) is 4.04. The van der Waals surface area contributed by atoms with Gasteiger partial charge in [0.15, 0.2) is 0 Å². The van der Waals surface area contributed by atoms with Crippen LogP contribution in [-0.2, 0) is 4.79 Å². The molecule has 0 spiro atoms. The van der Waals surface area contributed by atoms with E-state index in [9.17, 15) is 14.7 Å². The normalized spacial score (nSPS) is 11.7. The maximum Gasteiger partial charge on any atom is 0.326 e. The Morgan fingerprint density at radius 2 is 2.00 bits per heavy atom. The van der Waals surface area contributed by atoms with E-state index in [2.05, 4.69) is 10.3 Å². The molecule has 1 amide bonds. The second kappa shape index (κ2) is 12.6. The molecule has 161 valence electrons. The van der Waals surface area contributed by atoms with Crippen LogP contribution in [0.3, 0.4) is 0 Å². The zero-order valence-corrected chi connectivity index (χ0v) is 21.3. The van der Waals surface area contributed by atoms with Crippen molar-refractivity contribution in [3.63, 3.8) is 0 Å². The summed E-state index contributed by atoms with van der Waals surface area (Å²) in [7, 11) is 0. The number of nitrogens with zero attached hydrogens (tertiary/aromatic N) is 2. The quantitative estimate of drug-likeness (QED) is 0.473. The molecule has 1 heterocycles. The van der Waals surface area contributed by atoms with Crippen molar-refractivity contribution in [3.8, 4) is 11.1 Å². The number of amides is 1. The van der Waals surface area contributed by atoms with Gasteiger partial charge < -0.3 is 15.0 Å². The first-order chi connectivity index (χ1) is 15.0. The fourth-order valence-electron chi connectivity index (χ4n) is 3.22. The molecule has 0 saturated heterocycles. The molecule has 8 heteroatoms. The van der Waals surface area contributed by atoms with E-state index in [1.807, 2.05) is 72.6 Å². The smallest absolute Gasteiger partial charge is 0.326 e. The van der Waals surface area contributed by atoms with Crippen LogP contribution >= 0.6 is 11.8 Å². The van der Waals surface area contributed by atoms with Crippen LogP contribution in [0.4, 0.5) is 0 Å². The summed E-state index contributed by atoms with van der Waals surface area (Å²) >= 11 is 1.55. The van der Waals surface area contributed by atoms with Crippen LogP contribution in [0.15, 0.2) is 61.2 Å². The summed E-state index contributed by atoms with van der Waals surface area (Å²) in [5.41, 5.74) is 4.09. The molecule has 0 fully saturated rings. The Morgan fingerprint density at radius 1 is 1.22 bits per heavy atom. The number of hydrogen-bond acceptors (Lipinski definition) is 4. The number of aryl methyl sites for hydroxylation is 1. The number of aromatic nitrogens is 2. The zero-order chi connectivity index (χ0) is 22.2. The van der Waals surface area contributed by atoms with Gasteiger partial charge in [-0.05, 0) is 65.8 Å². The Bertz CT molecular complexity index is 1080. The van der Waals surface area contributed by atoms with Crippen LogP contribution in [0.5, 0.6) is 0 Å². The first-order valence-corrected chi connectivity index (χ1v) is 11.3. The number of aliphatic carboxylic acids is 1. The van der Waals surface area contributed by atoms with Gasteiger partial charge in [0.1, 0.15) is 6.04 Å². The van der Waals surface area contributed by atoms with Crippen molar-refractivity contribution < 1.29 is 14.7 Å². The fraction of sp³-hybridized carbons (Fsp3) is 0.208. The number of carboxylic acids is 1. The van der Waals surface area contributed by atoms with Gasteiger partial charge in [0.25, 0.3) is 5.91 Å². The third-order valence-corrected chi connectivity index (χ3v) is 5.55. The van der Waals surface area contributed by atoms with E-state index in [1.54, 1.807) is 30.4 Å². The summed E-state index contributed by atoms with van der Waals surface area (Å²) in [4.78, 5) is 28.7. The second-order valence-corrected chi connectivity index (χ2v) is 8.08. The molecule has 0 aliphatic carbocycles. The summed E-state index contributed by atoms with van der Waals surface area (Å²) in [5.74, 6) is -0.767. The number of carbonyl (C=O) groups excluding carboxylic acids is 1. The Morgan fingerprint density at radius 3 is 2.66 bits per heavy atom. The molecule has 1 radical (unpaired) electrons. The third kappa shape index (κ3) is 6.84. The number of hydrogen-bond donors (Lipinski definition) is 2. The van der Waals surface area contributed by atoms with Crippen molar-refractivity contribution >= 4 is 65.5 Å². The van der Waals surface area contributed by atoms with Crippen molar-refractivity contribution in [1.29, 1.82) is 0 Å². The van der Waals surface area contributed by atoms with E-state index in [1.165, 1.54) is 0 Å². The van der Waals surface area contributed by atoms with E-state index in [4.69, 9.17) is 0 Å². The molecule has 3 aromatic rings. The summed E-state index contributed by atoms with van der Waals surface area (Å²) in [6, 6.07) is 12.4. The molecule has 0 aliphatic heterocycles. The number of thioether (sulfide) groups is 1. The maximum absolute atomic E-state index is 13.1. The van der Waals surface area contributed by atoms with Gasteiger partial charge in [-0.3, -0.25) is 4.79 Å². The van der Waals surface area contributed by atoms with E-state index >= 15 is 0 Å². The summed E-state index contributed by atoms with van der Waals surface area (Å²) in [6.07, 6.45) is 11.3. The first kappa shape index (κ1) is 25.9. The van der Waals surface area contributed by atoms with E-state index in [0.717, 1.165) is 22.3 Å².